The van der Waals surface area contributed by atoms with Crippen LogP contribution in [0.25, 0.3) is 11.4 Å². The van der Waals surface area contributed by atoms with Crippen LogP contribution < -0.4 is 5.84 Å². The highest BCUT2D eigenvalue weighted by molar-refractivity contribution is 9.10. The maximum Gasteiger partial charge on any atom is 0.210 e. The van der Waals surface area contributed by atoms with Crippen LogP contribution in [-0.4, -0.2) is 14.9 Å². The summed E-state index contributed by atoms with van der Waals surface area (Å²) in [6, 6.07) is 11.6. The zero-order valence-corrected chi connectivity index (χ0v) is 14.1. The predicted octanol–water partition coefficient (Wildman–Crippen LogP) is 3.99. The van der Waals surface area contributed by atoms with Gasteiger partial charge in [0.05, 0.1) is 0 Å². The van der Waals surface area contributed by atoms with Gasteiger partial charge in [0, 0.05) is 21.4 Å². The minimum Gasteiger partial charge on any atom is -0.335 e. The van der Waals surface area contributed by atoms with Crippen LogP contribution in [0.3, 0.4) is 0 Å². The first kappa shape index (κ1) is 15.9. The van der Waals surface area contributed by atoms with E-state index in [-0.39, 0.29) is 11.3 Å². The van der Waals surface area contributed by atoms with Crippen molar-refractivity contribution < 1.29 is 8.78 Å². The van der Waals surface area contributed by atoms with Crippen LogP contribution in [0, 0.1) is 11.6 Å². The molecule has 0 saturated heterocycles. The molecular formula is C15H11BrF2N4S. The number of rotatable bonds is 4. The average Bonchev–Trinajstić information content (AvgIpc) is 2.90. The van der Waals surface area contributed by atoms with Crippen LogP contribution in [0.2, 0.25) is 0 Å². The topological polar surface area (TPSA) is 56.7 Å². The van der Waals surface area contributed by atoms with E-state index < -0.39 is 11.6 Å². The van der Waals surface area contributed by atoms with Gasteiger partial charge in [-0.25, -0.2) is 13.5 Å². The van der Waals surface area contributed by atoms with E-state index >= 15 is 0 Å². The van der Waals surface area contributed by atoms with Crippen LogP contribution in [-0.2, 0) is 5.75 Å². The lowest BCUT2D eigenvalue weighted by molar-refractivity contribution is 0.502. The van der Waals surface area contributed by atoms with Crippen LogP contribution in [0.15, 0.2) is 52.1 Å². The molecule has 0 spiro atoms. The molecule has 0 aliphatic rings. The maximum absolute atomic E-state index is 13.7. The predicted molar refractivity (Wildman–Crippen MR) is 89.2 cm³/mol. The fourth-order valence-electron chi connectivity index (χ4n) is 2.00. The number of thioether (sulfide) groups is 1. The van der Waals surface area contributed by atoms with E-state index in [0.29, 0.717) is 11.0 Å². The molecule has 0 aliphatic heterocycles. The van der Waals surface area contributed by atoms with Gasteiger partial charge in [-0.15, -0.1) is 10.2 Å². The zero-order valence-electron chi connectivity index (χ0n) is 11.7. The first-order chi connectivity index (χ1) is 11.1. The number of benzene rings is 2. The van der Waals surface area contributed by atoms with Gasteiger partial charge in [0.25, 0.3) is 0 Å². The molecule has 1 aromatic heterocycles. The highest BCUT2D eigenvalue weighted by Crippen LogP contribution is 2.26. The standard InChI is InChI=1S/C15H11BrF2N4S/c16-11-5-1-3-9(7-11)14-20-21-15(22(14)19)23-8-10-4-2-6-12(17)13(10)18/h1-7H,8,19H2. The molecule has 0 unspecified atom stereocenters. The molecule has 0 saturated carbocycles. The van der Waals surface area contributed by atoms with Gasteiger partial charge in [0.1, 0.15) is 0 Å². The Hall–Kier alpha value is -1.93. The average molecular weight is 397 g/mol. The zero-order chi connectivity index (χ0) is 16.4. The molecule has 0 amide bonds. The van der Waals surface area contributed by atoms with Crippen molar-refractivity contribution in [3.05, 3.63) is 64.1 Å². The van der Waals surface area contributed by atoms with Crippen molar-refractivity contribution in [1.29, 1.82) is 0 Å². The van der Waals surface area contributed by atoms with Crippen molar-refractivity contribution in [1.82, 2.24) is 14.9 Å². The van der Waals surface area contributed by atoms with Crippen molar-refractivity contribution in [2.45, 2.75) is 10.9 Å². The minimum atomic E-state index is -0.868. The summed E-state index contributed by atoms with van der Waals surface area (Å²) in [7, 11) is 0. The number of nitrogens with two attached hydrogens (primary N) is 1. The summed E-state index contributed by atoms with van der Waals surface area (Å²) < 4.78 is 29.1. The lowest BCUT2D eigenvalue weighted by Gasteiger charge is -2.05. The molecule has 3 rings (SSSR count). The van der Waals surface area contributed by atoms with Gasteiger partial charge in [-0.1, -0.05) is 52.0 Å². The number of nitrogen functional groups attached to an aromatic ring is 1. The van der Waals surface area contributed by atoms with Gasteiger partial charge in [-0.05, 0) is 18.2 Å². The van der Waals surface area contributed by atoms with Crippen LogP contribution >= 0.6 is 27.7 Å². The van der Waals surface area contributed by atoms with Gasteiger partial charge in [0.2, 0.25) is 5.16 Å². The van der Waals surface area contributed by atoms with Crippen molar-refractivity contribution in [3.63, 3.8) is 0 Å². The molecule has 1 heterocycles. The summed E-state index contributed by atoms with van der Waals surface area (Å²) in [5.74, 6) is 4.99. The highest BCUT2D eigenvalue weighted by Gasteiger charge is 2.14. The molecule has 0 bridgehead atoms. The van der Waals surface area contributed by atoms with E-state index in [2.05, 4.69) is 26.1 Å². The third-order valence-corrected chi connectivity index (χ3v) is 4.62. The number of hydrogen-bond acceptors (Lipinski definition) is 4. The van der Waals surface area contributed by atoms with E-state index in [1.165, 1.54) is 28.6 Å². The Kier molecular flexibility index (Phi) is 4.63. The minimum absolute atomic E-state index is 0.206. The Morgan fingerprint density at radius 2 is 1.91 bits per heavy atom. The van der Waals surface area contributed by atoms with Crippen molar-refractivity contribution in [3.8, 4) is 11.4 Å². The van der Waals surface area contributed by atoms with E-state index in [4.69, 9.17) is 5.84 Å². The highest BCUT2D eigenvalue weighted by atomic mass is 79.9. The number of hydrogen-bond donors (Lipinski definition) is 1. The first-order valence-corrected chi connectivity index (χ1v) is 8.36. The molecule has 3 aromatic rings. The number of halogens is 3. The summed E-state index contributed by atoms with van der Waals surface area (Å²) in [6.07, 6.45) is 0. The van der Waals surface area contributed by atoms with E-state index in [1.54, 1.807) is 0 Å². The summed E-state index contributed by atoms with van der Waals surface area (Å²) in [5.41, 5.74) is 1.06. The summed E-state index contributed by atoms with van der Waals surface area (Å²) in [4.78, 5) is 0. The third-order valence-electron chi connectivity index (χ3n) is 3.14. The number of aromatic nitrogens is 3. The molecule has 0 atom stereocenters. The van der Waals surface area contributed by atoms with Crippen LogP contribution in [0.1, 0.15) is 5.56 Å². The van der Waals surface area contributed by atoms with Crippen LogP contribution in [0.5, 0.6) is 0 Å². The number of nitrogens with zero attached hydrogens (tertiary/aromatic N) is 3. The second kappa shape index (κ2) is 6.67. The molecule has 23 heavy (non-hydrogen) atoms. The smallest absolute Gasteiger partial charge is 0.210 e. The van der Waals surface area contributed by atoms with E-state index in [0.717, 1.165) is 16.1 Å². The molecule has 4 nitrogen and oxygen atoms in total. The summed E-state index contributed by atoms with van der Waals surface area (Å²) >= 11 is 4.57. The molecule has 2 aromatic carbocycles. The van der Waals surface area contributed by atoms with Gasteiger partial charge < -0.3 is 5.84 Å². The van der Waals surface area contributed by atoms with Gasteiger partial charge in [-0.2, -0.15) is 0 Å². The molecule has 2 N–H and O–H groups in total. The van der Waals surface area contributed by atoms with Gasteiger partial charge in [0.15, 0.2) is 17.5 Å². The van der Waals surface area contributed by atoms with E-state index in [9.17, 15) is 8.78 Å². The Morgan fingerprint density at radius 1 is 1.13 bits per heavy atom. The van der Waals surface area contributed by atoms with E-state index in [1.807, 2.05) is 24.3 Å². The van der Waals surface area contributed by atoms with Crippen molar-refractivity contribution >= 4 is 27.7 Å². The second-order valence-corrected chi connectivity index (χ2v) is 6.55. The molecule has 0 fully saturated rings. The SMILES string of the molecule is Nn1c(SCc2cccc(F)c2F)nnc1-c1cccc(Br)c1. The van der Waals surface area contributed by atoms with Crippen molar-refractivity contribution in [2.75, 3.05) is 5.84 Å². The molecule has 0 radical (unpaired) electrons. The maximum atomic E-state index is 13.7. The first-order valence-electron chi connectivity index (χ1n) is 6.58. The fraction of sp³-hybridized carbons (Fsp3) is 0.0667. The lowest BCUT2D eigenvalue weighted by atomic mass is 10.2. The Bertz CT molecular complexity index is 853. The largest absolute Gasteiger partial charge is 0.335 e. The Labute approximate surface area is 143 Å². The summed E-state index contributed by atoms with van der Waals surface area (Å²) in [6.45, 7) is 0. The lowest BCUT2D eigenvalue weighted by Crippen LogP contribution is -2.11. The Morgan fingerprint density at radius 3 is 2.70 bits per heavy atom. The molecule has 0 aliphatic carbocycles. The van der Waals surface area contributed by atoms with Gasteiger partial charge >= 0.3 is 0 Å². The normalized spacial score (nSPS) is 10.9. The van der Waals surface area contributed by atoms with Crippen LogP contribution in [0.4, 0.5) is 8.78 Å². The van der Waals surface area contributed by atoms with Crippen molar-refractivity contribution in [2.24, 2.45) is 0 Å². The Balaban J connectivity index is 1.81. The molecule has 8 heteroatoms. The molecule has 118 valence electrons. The molecular weight excluding hydrogens is 386 g/mol. The monoisotopic (exact) mass is 396 g/mol. The fourth-order valence-corrected chi connectivity index (χ4v) is 3.23. The summed E-state index contributed by atoms with van der Waals surface area (Å²) in [5, 5.41) is 8.49. The second-order valence-electron chi connectivity index (χ2n) is 4.69. The quantitative estimate of drug-likeness (QED) is 0.534. The third kappa shape index (κ3) is 3.37. The van der Waals surface area contributed by atoms with Gasteiger partial charge in [-0.3, -0.25) is 0 Å².